The van der Waals surface area contributed by atoms with Crippen LogP contribution in [0.4, 0.5) is 0 Å². The average molecular weight is 282 g/mol. The largest absolute Gasteiger partial charge is 0.469 e. The number of ether oxygens (including phenoxy) is 2. The van der Waals surface area contributed by atoms with Gasteiger partial charge >= 0.3 is 17.9 Å². The second-order valence-electron chi connectivity index (χ2n) is 4.28. The van der Waals surface area contributed by atoms with Gasteiger partial charge in [0.2, 0.25) is 0 Å². The minimum Gasteiger partial charge on any atom is -0.469 e. The van der Waals surface area contributed by atoms with Gasteiger partial charge in [0.05, 0.1) is 13.5 Å². The van der Waals surface area contributed by atoms with Gasteiger partial charge in [-0.2, -0.15) is 0 Å². The molecular weight excluding hydrogens is 264 g/mol. The summed E-state index contributed by atoms with van der Waals surface area (Å²) in [5.74, 6) is -2.39. The zero-order valence-electron chi connectivity index (χ0n) is 11.3. The van der Waals surface area contributed by atoms with E-state index in [-0.39, 0.29) is 13.0 Å². The molecule has 1 aliphatic carbocycles. The van der Waals surface area contributed by atoms with Gasteiger partial charge in [0.25, 0.3) is 0 Å². The van der Waals surface area contributed by atoms with Gasteiger partial charge in [0.1, 0.15) is 12.6 Å². The van der Waals surface area contributed by atoms with Gasteiger partial charge in [-0.25, -0.2) is 9.59 Å². The number of rotatable bonds is 5. The smallest absolute Gasteiger partial charge is 0.335 e. The lowest BCUT2D eigenvalue weighted by atomic mass is 10.1. The van der Waals surface area contributed by atoms with Crippen molar-refractivity contribution >= 4 is 23.6 Å². The van der Waals surface area contributed by atoms with Gasteiger partial charge in [-0.3, -0.25) is 9.79 Å². The monoisotopic (exact) mass is 282 g/mol. The maximum atomic E-state index is 11.4. The number of carbonyl (C=O) groups is 3. The molecule has 0 saturated heterocycles. The molecule has 2 N–H and O–H groups in total. The molecule has 0 aromatic heterocycles. The maximum Gasteiger partial charge on any atom is 0.335 e. The number of aliphatic imine (C=N–C) groups is 1. The third-order valence-electron chi connectivity index (χ3n) is 2.66. The first-order chi connectivity index (χ1) is 9.52. The minimum absolute atomic E-state index is 0.240. The van der Waals surface area contributed by atoms with E-state index in [0.717, 1.165) is 25.0 Å². The second-order valence-corrected chi connectivity index (χ2v) is 4.28. The Bertz CT molecular complexity index is 442. The van der Waals surface area contributed by atoms with Crippen LogP contribution in [-0.4, -0.2) is 43.3 Å². The Balaban J connectivity index is 2.37. The van der Waals surface area contributed by atoms with Crippen molar-refractivity contribution in [1.82, 2.24) is 0 Å². The first-order valence-corrected chi connectivity index (χ1v) is 6.29. The van der Waals surface area contributed by atoms with Crippen LogP contribution < -0.4 is 5.73 Å². The lowest BCUT2D eigenvalue weighted by Crippen LogP contribution is -2.36. The molecule has 7 nitrogen and oxygen atoms in total. The second kappa shape index (κ2) is 8.21. The molecule has 0 aromatic rings. The maximum absolute atomic E-state index is 11.4. The summed E-state index contributed by atoms with van der Waals surface area (Å²) >= 11 is 0. The van der Waals surface area contributed by atoms with E-state index >= 15 is 0 Å². The lowest BCUT2D eigenvalue weighted by Gasteiger charge is -2.09. The van der Waals surface area contributed by atoms with Gasteiger partial charge in [-0.15, -0.1) is 0 Å². The van der Waals surface area contributed by atoms with Crippen molar-refractivity contribution < 1.29 is 23.9 Å². The van der Waals surface area contributed by atoms with Crippen molar-refractivity contribution in [3.8, 4) is 0 Å². The van der Waals surface area contributed by atoms with Gasteiger partial charge < -0.3 is 15.2 Å². The van der Waals surface area contributed by atoms with E-state index in [1.165, 1.54) is 7.11 Å². The molecule has 7 heteroatoms. The third kappa shape index (κ3) is 5.75. The van der Waals surface area contributed by atoms with Crippen LogP contribution in [0.15, 0.2) is 17.1 Å². The Morgan fingerprint density at radius 3 is 2.75 bits per heavy atom. The zero-order valence-corrected chi connectivity index (χ0v) is 11.3. The number of carbonyl (C=O) groups excluding carboxylic acids is 3. The van der Waals surface area contributed by atoms with Crippen molar-refractivity contribution in [3.63, 3.8) is 0 Å². The van der Waals surface area contributed by atoms with Crippen molar-refractivity contribution in [2.75, 3.05) is 13.7 Å². The van der Waals surface area contributed by atoms with E-state index in [1.54, 1.807) is 0 Å². The Morgan fingerprint density at radius 2 is 2.15 bits per heavy atom. The molecule has 20 heavy (non-hydrogen) atoms. The summed E-state index contributed by atoms with van der Waals surface area (Å²) in [5, 5.41) is 0. The van der Waals surface area contributed by atoms with Crippen LogP contribution in [0.25, 0.3) is 0 Å². The Morgan fingerprint density at radius 1 is 1.40 bits per heavy atom. The topological polar surface area (TPSA) is 108 Å². The standard InChI is InChI=1S/C13H18N2O5/c1-19-11(16)7-10(14)13(18)20-12(17)8-15-9-5-3-2-4-6-9/h3,5,10H,2,4,6-8,14H2,1H3/t10-/m0/s1. The number of nitrogens with zero attached hydrogens (tertiary/aromatic N) is 1. The minimum atomic E-state index is -1.21. The summed E-state index contributed by atoms with van der Waals surface area (Å²) in [6, 6.07) is -1.21. The van der Waals surface area contributed by atoms with Crippen LogP contribution in [-0.2, 0) is 23.9 Å². The molecule has 0 spiro atoms. The quantitative estimate of drug-likeness (QED) is 0.567. The van der Waals surface area contributed by atoms with Crippen LogP contribution in [0.5, 0.6) is 0 Å². The van der Waals surface area contributed by atoms with Crippen molar-refractivity contribution in [2.45, 2.75) is 31.7 Å². The zero-order chi connectivity index (χ0) is 15.0. The first kappa shape index (κ1) is 16.0. The summed E-state index contributed by atoms with van der Waals surface area (Å²) < 4.78 is 8.87. The van der Waals surface area contributed by atoms with Gasteiger partial charge in [-0.05, 0) is 25.3 Å². The molecule has 0 aromatic carbocycles. The van der Waals surface area contributed by atoms with Gasteiger partial charge in [-0.1, -0.05) is 6.08 Å². The SMILES string of the molecule is COC(=O)C[C@H](N)C(=O)OC(=O)CN=C1C=CCCC1. The van der Waals surface area contributed by atoms with E-state index in [1.807, 2.05) is 12.2 Å². The van der Waals surface area contributed by atoms with E-state index in [2.05, 4.69) is 14.5 Å². The molecule has 0 heterocycles. The molecule has 0 radical (unpaired) electrons. The predicted molar refractivity (Wildman–Crippen MR) is 71.0 cm³/mol. The predicted octanol–water partition coefficient (Wildman–Crippen LogP) is 0.128. The molecule has 1 aliphatic rings. The average Bonchev–Trinajstić information content (AvgIpc) is 2.45. The Labute approximate surface area is 116 Å². The molecule has 1 rings (SSSR count). The van der Waals surface area contributed by atoms with Crippen molar-refractivity contribution in [3.05, 3.63) is 12.2 Å². The highest BCUT2D eigenvalue weighted by Crippen LogP contribution is 2.07. The number of nitrogens with two attached hydrogens (primary N) is 1. The van der Waals surface area contributed by atoms with E-state index < -0.39 is 23.9 Å². The van der Waals surface area contributed by atoms with Crippen LogP contribution >= 0.6 is 0 Å². The highest BCUT2D eigenvalue weighted by molar-refractivity contribution is 5.97. The number of hydrogen-bond acceptors (Lipinski definition) is 7. The summed E-state index contributed by atoms with van der Waals surface area (Å²) in [7, 11) is 1.18. The molecule has 0 amide bonds. The highest BCUT2D eigenvalue weighted by atomic mass is 16.6. The van der Waals surface area contributed by atoms with Crippen molar-refractivity contribution in [2.24, 2.45) is 10.7 Å². The fourth-order valence-electron chi connectivity index (χ4n) is 1.57. The summed E-state index contributed by atoms with van der Waals surface area (Å²) in [6.45, 7) is -0.240. The fraction of sp³-hybridized carbons (Fsp3) is 0.538. The van der Waals surface area contributed by atoms with E-state index in [4.69, 9.17) is 5.73 Å². The number of esters is 3. The van der Waals surface area contributed by atoms with Crippen molar-refractivity contribution in [1.29, 1.82) is 0 Å². The van der Waals surface area contributed by atoms with Crippen LogP contribution in [0.2, 0.25) is 0 Å². The first-order valence-electron chi connectivity index (χ1n) is 6.29. The Hall–Kier alpha value is -2.02. The van der Waals surface area contributed by atoms with Crippen LogP contribution in [0.1, 0.15) is 25.7 Å². The molecule has 0 bridgehead atoms. The van der Waals surface area contributed by atoms with E-state index in [0.29, 0.717) is 0 Å². The Kier molecular flexibility index (Phi) is 6.58. The summed E-state index contributed by atoms with van der Waals surface area (Å²) in [4.78, 5) is 37.8. The highest BCUT2D eigenvalue weighted by Gasteiger charge is 2.22. The van der Waals surface area contributed by atoms with E-state index in [9.17, 15) is 14.4 Å². The molecule has 0 aliphatic heterocycles. The molecule has 1 atom stereocenters. The van der Waals surface area contributed by atoms with Gasteiger partial charge in [0.15, 0.2) is 0 Å². The molecule has 0 unspecified atom stereocenters. The fourth-order valence-corrected chi connectivity index (χ4v) is 1.57. The van der Waals surface area contributed by atoms with Crippen LogP contribution in [0, 0.1) is 0 Å². The third-order valence-corrected chi connectivity index (χ3v) is 2.66. The summed E-state index contributed by atoms with van der Waals surface area (Å²) in [6.07, 6.45) is 6.30. The molecule has 0 fully saturated rings. The number of allylic oxidation sites excluding steroid dienone is 2. The van der Waals surface area contributed by atoms with Crippen LogP contribution in [0.3, 0.4) is 0 Å². The lowest BCUT2D eigenvalue weighted by molar-refractivity contribution is -0.161. The molecule has 0 saturated carbocycles. The summed E-state index contributed by atoms with van der Waals surface area (Å²) in [5.41, 5.74) is 6.21. The molecule has 110 valence electrons. The number of methoxy groups -OCH3 is 1. The number of hydrogen-bond donors (Lipinski definition) is 1. The normalized spacial score (nSPS) is 17.6. The van der Waals surface area contributed by atoms with Gasteiger partial charge in [0, 0.05) is 5.71 Å². The molecular formula is C13H18N2O5.